The molecule has 17 heavy (non-hydrogen) atoms. The highest BCUT2D eigenvalue weighted by molar-refractivity contribution is 7.99. The first-order chi connectivity index (χ1) is 7.87. The van der Waals surface area contributed by atoms with Crippen molar-refractivity contribution in [3.05, 3.63) is 29.8 Å². The normalized spacial score (nSPS) is 13.6. The SMILES string of the molecule is Cc1cccc(SCC(O)CCS(C)(=O)=O)c1. The van der Waals surface area contributed by atoms with Gasteiger partial charge in [-0.15, -0.1) is 11.8 Å². The van der Waals surface area contributed by atoms with Crippen molar-refractivity contribution in [2.24, 2.45) is 0 Å². The molecule has 0 saturated heterocycles. The van der Waals surface area contributed by atoms with Gasteiger partial charge in [0.2, 0.25) is 0 Å². The Morgan fingerprint density at radius 2 is 2.12 bits per heavy atom. The van der Waals surface area contributed by atoms with Gasteiger partial charge in [-0.05, 0) is 25.5 Å². The molecule has 1 unspecified atom stereocenters. The second-order valence-electron chi connectivity index (χ2n) is 4.20. The summed E-state index contributed by atoms with van der Waals surface area (Å²) in [6, 6.07) is 8.03. The van der Waals surface area contributed by atoms with Crippen molar-refractivity contribution in [1.82, 2.24) is 0 Å². The second-order valence-corrected chi connectivity index (χ2v) is 7.55. The van der Waals surface area contributed by atoms with E-state index in [0.717, 1.165) is 4.90 Å². The summed E-state index contributed by atoms with van der Waals surface area (Å²) in [6.45, 7) is 2.02. The van der Waals surface area contributed by atoms with Crippen LogP contribution in [0.15, 0.2) is 29.2 Å². The fourth-order valence-corrected chi connectivity index (χ4v) is 3.03. The summed E-state index contributed by atoms with van der Waals surface area (Å²) in [6.07, 6.45) is 0.917. The average molecular weight is 274 g/mol. The third-order valence-electron chi connectivity index (χ3n) is 2.25. The molecule has 0 bridgehead atoms. The van der Waals surface area contributed by atoms with Crippen LogP contribution in [0.1, 0.15) is 12.0 Å². The number of aryl methyl sites for hydroxylation is 1. The first kappa shape index (κ1) is 14.5. The van der Waals surface area contributed by atoms with Gasteiger partial charge >= 0.3 is 0 Å². The van der Waals surface area contributed by atoms with Crippen molar-refractivity contribution in [2.75, 3.05) is 17.8 Å². The first-order valence-corrected chi connectivity index (χ1v) is 8.47. The molecule has 0 spiro atoms. The van der Waals surface area contributed by atoms with Crippen molar-refractivity contribution < 1.29 is 13.5 Å². The molecule has 0 radical (unpaired) electrons. The third-order valence-corrected chi connectivity index (χ3v) is 4.37. The topological polar surface area (TPSA) is 54.4 Å². The Morgan fingerprint density at radius 1 is 1.41 bits per heavy atom. The maximum atomic E-state index is 10.9. The Hall–Kier alpha value is -0.520. The van der Waals surface area contributed by atoms with Crippen LogP contribution in [-0.4, -0.2) is 37.4 Å². The zero-order chi connectivity index (χ0) is 12.9. The Kier molecular flexibility index (Phi) is 5.49. The van der Waals surface area contributed by atoms with Crippen LogP contribution < -0.4 is 0 Å². The van der Waals surface area contributed by atoms with Crippen LogP contribution in [-0.2, 0) is 9.84 Å². The van der Waals surface area contributed by atoms with Gasteiger partial charge in [0, 0.05) is 16.9 Å². The predicted molar refractivity (Wildman–Crippen MR) is 72.2 cm³/mol. The summed E-state index contributed by atoms with van der Waals surface area (Å²) in [7, 11) is -2.98. The second kappa shape index (κ2) is 6.42. The van der Waals surface area contributed by atoms with Crippen LogP contribution in [0, 0.1) is 6.92 Å². The molecule has 1 aromatic rings. The van der Waals surface area contributed by atoms with Gasteiger partial charge in [-0.1, -0.05) is 17.7 Å². The van der Waals surface area contributed by atoms with Crippen LogP contribution >= 0.6 is 11.8 Å². The van der Waals surface area contributed by atoms with E-state index in [2.05, 4.69) is 0 Å². The third kappa shape index (κ3) is 6.71. The van der Waals surface area contributed by atoms with Crippen LogP contribution in [0.25, 0.3) is 0 Å². The van der Waals surface area contributed by atoms with Crippen molar-refractivity contribution in [2.45, 2.75) is 24.3 Å². The van der Waals surface area contributed by atoms with Crippen molar-refractivity contribution in [3.63, 3.8) is 0 Å². The molecule has 1 aromatic carbocycles. The van der Waals surface area contributed by atoms with E-state index in [1.807, 2.05) is 31.2 Å². The number of thioether (sulfide) groups is 1. The maximum Gasteiger partial charge on any atom is 0.147 e. The van der Waals surface area contributed by atoms with E-state index in [1.54, 1.807) is 11.8 Å². The Morgan fingerprint density at radius 3 is 2.71 bits per heavy atom. The van der Waals surface area contributed by atoms with Crippen LogP contribution in [0.5, 0.6) is 0 Å². The van der Waals surface area contributed by atoms with Gasteiger partial charge in [0.15, 0.2) is 0 Å². The van der Waals surface area contributed by atoms with Gasteiger partial charge in [0.05, 0.1) is 11.9 Å². The molecule has 1 atom stereocenters. The van der Waals surface area contributed by atoms with Crippen molar-refractivity contribution in [3.8, 4) is 0 Å². The van der Waals surface area contributed by atoms with E-state index in [4.69, 9.17) is 0 Å². The van der Waals surface area contributed by atoms with E-state index in [0.29, 0.717) is 12.2 Å². The smallest absolute Gasteiger partial charge is 0.147 e. The lowest BCUT2D eigenvalue weighted by Gasteiger charge is -2.09. The summed E-state index contributed by atoms with van der Waals surface area (Å²) in [5, 5.41) is 9.66. The number of aliphatic hydroxyl groups is 1. The summed E-state index contributed by atoms with van der Waals surface area (Å²) < 4.78 is 21.9. The molecule has 0 aliphatic rings. The van der Waals surface area contributed by atoms with Gasteiger partial charge in [-0.25, -0.2) is 8.42 Å². The molecule has 0 saturated carbocycles. The van der Waals surface area contributed by atoms with Crippen LogP contribution in [0.3, 0.4) is 0 Å². The lowest BCUT2D eigenvalue weighted by atomic mass is 10.2. The minimum absolute atomic E-state index is 0.0442. The number of rotatable bonds is 6. The molecular weight excluding hydrogens is 256 g/mol. The molecule has 3 nitrogen and oxygen atoms in total. The standard InChI is InChI=1S/C12H18O3S2/c1-10-4-3-5-12(8-10)16-9-11(13)6-7-17(2,14)15/h3-5,8,11,13H,6-7,9H2,1-2H3. The van der Waals surface area contributed by atoms with Gasteiger partial charge in [-0.3, -0.25) is 0 Å². The number of hydrogen-bond acceptors (Lipinski definition) is 4. The molecule has 0 aliphatic carbocycles. The monoisotopic (exact) mass is 274 g/mol. The lowest BCUT2D eigenvalue weighted by molar-refractivity contribution is 0.196. The molecule has 1 N–H and O–H groups in total. The molecule has 1 rings (SSSR count). The number of benzene rings is 1. The van der Waals surface area contributed by atoms with Crippen molar-refractivity contribution in [1.29, 1.82) is 0 Å². The van der Waals surface area contributed by atoms with Gasteiger partial charge in [-0.2, -0.15) is 0 Å². The Bertz CT molecular complexity index is 455. The molecule has 5 heteroatoms. The fourth-order valence-electron chi connectivity index (χ4n) is 1.33. The Balaban J connectivity index is 2.36. The van der Waals surface area contributed by atoms with E-state index in [1.165, 1.54) is 11.8 Å². The molecule has 0 fully saturated rings. The number of sulfone groups is 1. The highest BCUT2D eigenvalue weighted by Crippen LogP contribution is 2.20. The van der Waals surface area contributed by atoms with Crippen LogP contribution in [0.2, 0.25) is 0 Å². The minimum atomic E-state index is -2.98. The summed E-state index contributed by atoms with van der Waals surface area (Å²) >= 11 is 1.55. The van der Waals surface area contributed by atoms with Gasteiger partial charge in [0.1, 0.15) is 9.84 Å². The van der Waals surface area contributed by atoms with Crippen LogP contribution in [0.4, 0.5) is 0 Å². The zero-order valence-corrected chi connectivity index (χ0v) is 11.7. The molecule has 0 aliphatic heterocycles. The number of hydrogen-bond donors (Lipinski definition) is 1. The Labute approximate surface area is 107 Å². The van der Waals surface area contributed by atoms with E-state index < -0.39 is 15.9 Å². The minimum Gasteiger partial charge on any atom is -0.392 e. The van der Waals surface area contributed by atoms with Gasteiger partial charge < -0.3 is 5.11 Å². The van der Waals surface area contributed by atoms with E-state index in [-0.39, 0.29) is 5.75 Å². The summed E-state index contributed by atoms with van der Waals surface area (Å²) in [4.78, 5) is 1.10. The molecule has 0 amide bonds. The molecule has 96 valence electrons. The highest BCUT2D eigenvalue weighted by Gasteiger charge is 2.09. The van der Waals surface area contributed by atoms with Gasteiger partial charge in [0.25, 0.3) is 0 Å². The largest absolute Gasteiger partial charge is 0.392 e. The predicted octanol–water partition coefficient (Wildman–Crippen LogP) is 1.88. The van der Waals surface area contributed by atoms with E-state index in [9.17, 15) is 13.5 Å². The molecule has 0 heterocycles. The quantitative estimate of drug-likeness (QED) is 0.805. The summed E-state index contributed by atoms with van der Waals surface area (Å²) in [5.74, 6) is 0.571. The highest BCUT2D eigenvalue weighted by atomic mass is 32.2. The van der Waals surface area contributed by atoms with E-state index >= 15 is 0 Å². The van der Waals surface area contributed by atoms with Crippen molar-refractivity contribution >= 4 is 21.6 Å². The number of aliphatic hydroxyl groups excluding tert-OH is 1. The molecule has 0 aromatic heterocycles. The fraction of sp³-hybridized carbons (Fsp3) is 0.500. The molecular formula is C12H18O3S2. The zero-order valence-electron chi connectivity index (χ0n) is 10.1. The average Bonchev–Trinajstić information content (AvgIpc) is 2.23. The summed E-state index contributed by atoms with van der Waals surface area (Å²) in [5.41, 5.74) is 1.18. The maximum absolute atomic E-state index is 10.9. The first-order valence-electron chi connectivity index (χ1n) is 5.42. The lowest BCUT2D eigenvalue weighted by Crippen LogP contribution is -2.16.